The van der Waals surface area contributed by atoms with Crippen molar-refractivity contribution in [1.82, 2.24) is 0 Å². The average Bonchev–Trinajstić information content (AvgIpc) is 2.99. The molecule has 0 amide bonds. The smallest absolute Gasteiger partial charge is 0.0362 e. The SMILES string of the molecule is CSc1ccc2ccc3sc4cccc5c4c3c2c1-c1ccccc1-5. The number of benzene rings is 4. The van der Waals surface area contributed by atoms with Crippen molar-refractivity contribution in [2.45, 2.75) is 4.90 Å². The van der Waals surface area contributed by atoms with Gasteiger partial charge in [0.05, 0.1) is 0 Å². The highest BCUT2D eigenvalue weighted by Gasteiger charge is 2.23. The standard InChI is InChI=1S/C23H14S2/c1-24-17-11-9-13-10-12-19-23-20(13)21(17)15-6-3-2-5-14(15)16-7-4-8-18(25-19)22(16)23/h2-12H,1H3. The third kappa shape index (κ3) is 1.69. The lowest BCUT2D eigenvalue weighted by atomic mass is 9.93. The van der Waals surface area contributed by atoms with Gasteiger partial charge in [0, 0.05) is 30.6 Å². The molecule has 0 saturated carbocycles. The Morgan fingerprint density at radius 1 is 0.640 bits per heavy atom. The van der Waals surface area contributed by atoms with Crippen LogP contribution in [0.4, 0.5) is 0 Å². The summed E-state index contributed by atoms with van der Waals surface area (Å²) >= 11 is 3.76. The maximum Gasteiger partial charge on any atom is 0.0362 e. The first-order valence-corrected chi connectivity index (χ1v) is 10.5. The zero-order valence-electron chi connectivity index (χ0n) is 13.7. The van der Waals surface area contributed by atoms with Gasteiger partial charge in [0.25, 0.3) is 0 Å². The molecule has 0 radical (unpaired) electrons. The van der Waals surface area contributed by atoms with Gasteiger partial charge >= 0.3 is 0 Å². The van der Waals surface area contributed by atoms with Crippen LogP contribution in [0.1, 0.15) is 0 Å². The van der Waals surface area contributed by atoms with Crippen molar-refractivity contribution < 1.29 is 0 Å². The summed E-state index contributed by atoms with van der Waals surface area (Å²) in [5, 5.41) is 5.63. The fraction of sp³-hybridized carbons (Fsp3) is 0.0435. The van der Waals surface area contributed by atoms with E-state index in [2.05, 4.69) is 73.0 Å². The number of hydrogen-bond acceptors (Lipinski definition) is 2. The molecule has 118 valence electrons. The summed E-state index contributed by atoms with van der Waals surface area (Å²) in [6, 6.07) is 24.8. The van der Waals surface area contributed by atoms with Crippen molar-refractivity contribution in [1.29, 1.82) is 0 Å². The van der Waals surface area contributed by atoms with Gasteiger partial charge in [-0.2, -0.15) is 0 Å². The molecule has 1 aromatic heterocycles. The van der Waals surface area contributed by atoms with Gasteiger partial charge in [-0.1, -0.05) is 48.5 Å². The van der Waals surface area contributed by atoms with Crippen LogP contribution in [0.15, 0.2) is 71.6 Å². The van der Waals surface area contributed by atoms with Gasteiger partial charge in [0.2, 0.25) is 0 Å². The maximum atomic E-state index is 2.30. The minimum atomic E-state index is 1.34. The molecule has 0 bridgehead atoms. The first kappa shape index (κ1) is 13.9. The minimum Gasteiger partial charge on any atom is -0.135 e. The van der Waals surface area contributed by atoms with Crippen LogP contribution in [0, 0.1) is 0 Å². The first-order valence-electron chi connectivity index (χ1n) is 8.41. The molecular formula is C23H14S2. The largest absolute Gasteiger partial charge is 0.135 e. The Morgan fingerprint density at radius 2 is 1.40 bits per heavy atom. The van der Waals surface area contributed by atoms with Crippen molar-refractivity contribution >= 4 is 54.0 Å². The molecule has 0 fully saturated rings. The molecule has 0 atom stereocenters. The molecule has 0 nitrogen and oxygen atoms in total. The molecule has 25 heavy (non-hydrogen) atoms. The Balaban J connectivity index is 2.05. The number of rotatable bonds is 1. The van der Waals surface area contributed by atoms with Gasteiger partial charge in [-0.15, -0.1) is 23.1 Å². The molecule has 1 aliphatic rings. The van der Waals surface area contributed by atoms with E-state index in [-0.39, 0.29) is 0 Å². The van der Waals surface area contributed by atoms with Crippen LogP contribution < -0.4 is 0 Å². The van der Waals surface area contributed by atoms with Crippen LogP contribution in [0.3, 0.4) is 0 Å². The zero-order valence-corrected chi connectivity index (χ0v) is 15.3. The monoisotopic (exact) mass is 354 g/mol. The van der Waals surface area contributed by atoms with Crippen LogP contribution >= 0.6 is 23.1 Å². The van der Waals surface area contributed by atoms with Crippen LogP contribution in [0.2, 0.25) is 0 Å². The van der Waals surface area contributed by atoms with Crippen LogP contribution in [-0.4, -0.2) is 6.26 Å². The highest BCUT2D eigenvalue weighted by molar-refractivity contribution is 7.98. The van der Waals surface area contributed by atoms with Crippen molar-refractivity contribution in [2.75, 3.05) is 6.26 Å². The summed E-state index contributed by atoms with van der Waals surface area (Å²) in [5.74, 6) is 0. The predicted molar refractivity (Wildman–Crippen MR) is 113 cm³/mol. The molecule has 4 aromatic carbocycles. The van der Waals surface area contributed by atoms with Crippen molar-refractivity contribution in [2.24, 2.45) is 0 Å². The Kier molecular flexibility index (Phi) is 2.72. The fourth-order valence-electron chi connectivity index (χ4n) is 4.30. The molecule has 0 aliphatic heterocycles. The Hall–Kier alpha value is -2.29. The average molecular weight is 354 g/mol. The lowest BCUT2D eigenvalue weighted by Gasteiger charge is -2.14. The van der Waals surface area contributed by atoms with Gasteiger partial charge in [0.15, 0.2) is 0 Å². The molecule has 6 rings (SSSR count). The summed E-state index contributed by atoms with van der Waals surface area (Å²) < 4.78 is 2.78. The second-order valence-corrected chi connectivity index (χ2v) is 8.44. The molecule has 1 aliphatic carbocycles. The Morgan fingerprint density at radius 3 is 2.28 bits per heavy atom. The van der Waals surface area contributed by atoms with Gasteiger partial charge in [0.1, 0.15) is 0 Å². The van der Waals surface area contributed by atoms with E-state index in [4.69, 9.17) is 0 Å². The van der Waals surface area contributed by atoms with Crippen LogP contribution in [0.25, 0.3) is 53.2 Å². The highest BCUT2D eigenvalue weighted by atomic mass is 32.2. The second kappa shape index (κ2) is 4.87. The Bertz CT molecular complexity index is 1320. The van der Waals surface area contributed by atoms with E-state index < -0.39 is 0 Å². The van der Waals surface area contributed by atoms with Gasteiger partial charge in [-0.05, 0) is 51.9 Å². The van der Waals surface area contributed by atoms with E-state index in [9.17, 15) is 0 Å². The van der Waals surface area contributed by atoms with E-state index in [1.165, 1.54) is 58.1 Å². The maximum absolute atomic E-state index is 2.30. The first-order chi connectivity index (χ1) is 12.4. The van der Waals surface area contributed by atoms with Gasteiger partial charge < -0.3 is 0 Å². The summed E-state index contributed by atoms with van der Waals surface area (Å²) in [7, 11) is 0. The molecule has 1 heterocycles. The lowest BCUT2D eigenvalue weighted by Crippen LogP contribution is -1.87. The summed E-state index contributed by atoms with van der Waals surface area (Å²) in [6.45, 7) is 0. The van der Waals surface area contributed by atoms with E-state index in [0.717, 1.165) is 0 Å². The van der Waals surface area contributed by atoms with Gasteiger partial charge in [-0.3, -0.25) is 0 Å². The summed E-state index contributed by atoms with van der Waals surface area (Å²) in [6.07, 6.45) is 2.18. The molecule has 0 spiro atoms. The second-order valence-electron chi connectivity index (χ2n) is 6.51. The number of fused-ring (bicyclic) bond motifs is 3. The molecule has 2 heteroatoms. The molecule has 0 N–H and O–H groups in total. The number of hydrogen-bond donors (Lipinski definition) is 0. The van der Waals surface area contributed by atoms with E-state index in [0.29, 0.717) is 0 Å². The highest BCUT2D eigenvalue weighted by Crippen LogP contribution is 2.52. The summed E-state index contributed by atoms with van der Waals surface area (Å²) in [5.41, 5.74) is 5.49. The molecule has 0 unspecified atom stereocenters. The quantitative estimate of drug-likeness (QED) is 0.274. The third-order valence-electron chi connectivity index (χ3n) is 5.31. The van der Waals surface area contributed by atoms with Crippen LogP contribution in [-0.2, 0) is 0 Å². The molecule has 5 aromatic rings. The van der Waals surface area contributed by atoms with Crippen molar-refractivity contribution in [3.05, 3.63) is 66.7 Å². The lowest BCUT2D eigenvalue weighted by molar-refractivity contribution is 1.50. The number of thioether (sulfide) groups is 1. The third-order valence-corrected chi connectivity index (χ3v) is 7.21. The van der Waals surface area contributed by atoms with Crippen molar-refractivity contribution in [3.63, 3.8) is 0 Å². The van der Waals surface area contributed by atoms with Gasteiger partial charge in [-0.25, -0.2) is 0 Å². The van der Waals surface area contributed by atoms with Crippen molar-refractivity contribution in [3.8, 4) is 22.3 Å². The van der Waals surface area contributed by atoms with Crippen LogP contribution in [0.5, 0.6) is 0 Å². The fourth-order valence-corrected chi connectivity index (χ4v) is 6.06. The predicted octanol–water partition coefficient (Wildman–Crippen LogP) is 7.58. The normalized spacial score (nSPS) is 12.4. The zero-order chi connectivity index (χ0) is 16.5. The topological polar surface area (TPSA) is 0 Å². The number of thiophene rings is 1. The molecule has 0 saturated heterocycles. The summed E-state index contributed by atoms with van der Waals surface area (Å²) in [4.78, 5) is 1.36. The Labute approximate surface area is 154 Å². The van der Waals surface area contributed by atoms with E-state index in [1.807, 2.05) is 23.1 Å². The van der Waals surface area contributed by atoms with E-state index in [1.54, 1.807) is 0 Å². The van der Waals surface area contributed by atoms with E-state index >= 15 is 0 Å². The molecular weight excluding hydrogens is 340 g/mol. The minimum absolute atomic E-state index is 1.34.